The highest BCUT2D eigenvalue weighted by Crippen LogP contribution is 2.13. The summed E-state index contributed by atoms with van der Waals surface area (Å²) in [6.45, 7) is 11.5. The molecule has 0 aromatic heterocycles. The van der Waals surface area contributed by atoms with E-state index in [0.717, 1.165) is 26.1 Å². The molecule has 0 rings (SSSR count). The molecule has 0 heterocycles. The summed E-state index contributed by atoms with van der Waals surface area (Å²) in [4.78, 5) is 12.0. The van der Waals surface area contributed by atoms with Crippen LogP contribution < -0.4 is 5.32 Å². The third-order valence-corrected chi connectivity index (χ3v) is 7.32. The maximum absolute atomic E-state index is 12.0. The Morgan fingerprint density at radius 2 is 0.974 bits per heavy atom. The molecule has 0 aromatic rings. The monoisotopic (exact) mass is 556 g/mol. The molecule has 1 N–H and O–H groups in total. The molecular weight excluding hydrogens is 486 g/mol. The van der Waals surface area contributed by atoms with Gasteiger partial charge in [-0.15, -0.1) is 0 Å². The molecule has 1 unspecified atom stereocenters. The second kappa shape index (κ2) is 31.7. The lowest BCUT2D eigenvalue weighted by Crippen LogP contribution is -2.37. The highest BCUT2D eigenvalue weighted by molar-refractivity contribution is 5.67. The highest BCUT2D eigenvalue weighted by atomic mass is 16.6. The van der Waals surface area contributed by atoms with Crippen LogP contribution in [0.4, 0.5) is 4.79 Å². The number of unbranched alkanes of at least 4 members (excludes halogenated alkanes) is 20. The number of amides is 1. The minimum atomic E-state index is -0.364. The van der Waals surface area contributed by atoms with Crippen molar-refractivity contribution in [3.8, 4) is 0 Å². The third kappa shape index (κ3) is 31.6. The van der Waals surface area contributed by atoms with Gasteiger partial charge in [-0.25, -0.2) is 4.79 Å². The Morgan fingerprint density at radius 1 is 0.564 bits per heavy atom. The number of carbonyl (C=O) groups excluding carboxylic acids is 1. The number of carbonyl (C=O) groups is 1. The predicted octanol–water partition coefficient (Wildman–Crippen LogP) is 10.4. The summed E-state index contributed by atoms with van der Waals surface area (Å²) in [5, 5.41) is 2.86. The summed E-state index contributed by atoms with van der Waals surface area (Å²) < 4.78 is 17.3. The minimum absolute atomic E-state index is 0.118. The van der Waals surface area contributed by atoms with E-state index in [-0.39, 0.29) is 12.2 Å². The zero-order valence-corrected chi connectivity index (χ0v) is 26.9. The van der Waals surface area contributed by atoms with Crippen molar-refractivity contribution in [2.45, 2.75) is 175 Å². The van der Waals surface area contributed by atoms with E-state index in [1.165, 1.54) is 128 Å². The molecule has 0 radical (unpaired) electrons. The molecule has 0 saturated carbocycles. The van der Waals surface area contributed by atoms with Crippen molar-refractivity contribution in [1.29, 1.82) is 0 Å². The molecule has 0 aliphatic heterocycles. The minimum Gasteiger partial charge on any atom is -0.449 e. The van der Waals surface area contributed by atoms with E-state index in [9.17, 15) is 4.79 Å². The van der Waals surface area contributed by atoms with Crippen molar-refractivity contribution in [3.63, 3.8) is 0 Å². The molecule has 0 fully saturated rings. The fraction of sp³-hybridized carbons (Fsp3) is 0.971. The Hall–Kier alpha value is -0.810. The molecule has 5 heteroatoms. The number of alkyl carbamates (subject to hydrolysis) is 1. The summed E-state index contributed by atoms with van der Waals surface area (Å²) in [5.41, 5.74) is 0. The first-order valence-corrected chi connectivity index (χ1v) is 17.2. The highest BCUT2D eigenvalue weighted by Gasteiger charge is 2.13. The van der Waals surface area contributed by atoms with Crippen LogP contribution in [0.3, 0.4) is 0 Å². The van der Waals surface area contributed by atoms with E-state index in [1.807, 2.05) is 13.8 Å². The van der Waals surface area contributed by atoms with Gasteiger partial charge in [-0.05, 0) is 18.8 Å². The largest absolute Gasteiger partial charge is 0.449 e. The first-order valence-electron chi connectivity index (χ1n) is 17.2. The summed E-state index contributed by atoms with van der Waals surface area (Å²) in [5.74, 6) is 0.331. The maximum atomic E-state index is 12.0. The van der Waals surface area contributed by atoms with E-state index in [2.05, 4.69) is 19.2 Å². The van der Waals surface area contributed by atoms with Crippen LogP contribution in [0.25, 0.3) is 0 Å². The van der Waals surface area contributed by atoms with Crippen LogP contribution in [0.2, 0.25) is 0 Å². The normalized spacial score (nSPS) is 12.2. The number of hydrogen-bond acceptors (Lipinski definition) is 4. The summed E-state index contributed by atoms with van der Waals surface area (Å²) in [6.07, 6.45) is 28.8. The molecular formula is C34H69NO4. The third-order valence-electron chi connectivity index (χ3n) is 7.32. The van der Waals surface area contributed by atoms with Gasteiger partial charge < -0.3 is 19.5 Å². The van der Waals surface area contributed by atoms with E-state index in [1.54, 1.807) is 0 Å². The Morgan fingerprint density at radius 3 is 1.41 bits per heavy atom. The summed E-state index contributed by atoms with van der Waals surface area (Å²) in [7, 11) is 0. The molecule has 234 valence electrons. The standard InChI is InChI=1S/C34H69NO4/c1-5-7-9-11-13-15-17-18-20-22-24-26-28-38-33(29-35-34(36)39-30-32(3)4)31-37-27-25-23-21-19-16-14-12-10-8-6-2/h32-33H,5-31H2,1-4H3,(H,35,36). The summed E-state index contributed by atoms with van der Waals surface area (Å²) in [6, 6.07) is 0. The molecule has 0 saturated heterocycles. The van der Waals surface area contributed by atoms with Gasteiger partial charge in [-0.2, -0.15) is 0 Å². The van der Waals surface area contributed by atoms with Gasteiger partial charge in [0.2, 0.25) is 0 Å². The van der Waals surface area contributed by atoms with Gasteiger partial charge in [-0.3, -0.25) is 0 Å². The lowest BCUT2D eigenvalue weighted by molar-refractivity contribution is -0.0176. The SMILES string of the molecule is CCCCCCCCCCCCCCOC(CNC(=O)OCC(C)C)COCCCCCCCCCCCC. The van der Waals surface area contributed by atoms with Crippen LogP contribution in [0, 0.1) is 5.92 Å². The van der Waals surface area contributed by atoms with Gasteiger partial charge >= 0.3 is 6.09 Å². The zero-order valence-electron chi connectivity index (χ0n) is 26.9. The molecule has 39 heavy (non-hydrogen) atoms. The second-order valence-corrected chi connectivity index (χ2v) is 12.0. The molecule has 0 aliphatic rings. The molecule has 0 aromatic carbocycles. The molecule has 5 nitrogen and oxygen atoms in total. The number of ether oxygens (including phenoxy) is 3. The molecule has 1 amide bonds. The molecule has 0 spiro atoms. The quantitative estimate of drug-likeness (QED) is 0.0864. The van der Waals surface area contributed by atoms with Crippen molar-refractivity contribution in [2.75, 3.05) is 33.0 Å². The van der Waals surface area contributed by atoms with Crippen molar-refractivity contribution in [3.05, 3.63) is 0 Å². The maximum Gasteiger partial charge on any atom is 0.407 e. The van der Waals surface area contributed by atoms with Gasteiger partial charge in [0.1, 0.15) is 0 Å². The van der Waals surface area contributed by atoms with Gasteiger partial charge in [0.25, 0.3) is 0 Å². The fourth-order valence-electron chi connectivity index (χ4n) is 4.76. The Labute approximate surface area is 244 Å². The topological polar surface area (TPSA) is 56.8 Å². The Bertz CT molecular complexity index is 486. The van der Waals surface area contributed by atoms with Crippen LogP contribution in [-0.4, -0.2) is 45.2 Å². The number of nitrogens with one attached hydrogen (secondary N) is 1. The first kappa shape index (κ1) is 38.2. The van der Waals surface area contributed by atoms with Crippen LogP contribution in [-0.2, 0) is 14.2 Å². The first-order chi connectivity index (χ1) is 19.1. The molecule has 0 bridgehead atoms. The van der Waals surface area contributed by atoms with Gasteiger partial charge in [-0.1, -0.05) is 156 Å². The molecule has 1 atom stereocenters. The van der Waals surface area contributed by atoms with Crippen molar-refractivity contribution in [1.82, 2.24) is 5.32 Å². The van der Waals surface area contributed by atoms with Crippen molar-refractivity contribution < 1.29 is 19.0 Å². The average Bonchev–Trinajstić information content (AvgIpc) is 2.93. The average molecular weight is 556 g/mol. The van der Waals surface area contributed by atoms with E-state index in [4.69, 9.17) is 14.2 Å². The Balaban J connectivity index is 3.91. The van der Waals surface area contributed by atoms with E-state index < -0.39 is 0 Å². The summed E-state index contributed by atoms with van der Waals surface area (Å²) >= 11 is 0. The lowest BCUT2D eigenvalue weighted by atomic mass is 10.1. The van der Waals surface area contributed by atoms with Crippen LogP contribution >= 0.6 is 0 Å². The number of rotatable bonds is 31. The van der Waals surface area contributed by atoms with Crippen LogP contribution in [0.15, 0.2) is 0 Å². The van der Waals surface area contributed by atoms with E-state index in [0.29, 0.717) is 25.7 Å². The fourth-order valence-corrected chi connectivity index (χ4v) is 4.76. The van der Waals surface area contributed by atoms with Crippen molar-refractivity contribution in [2.24, 2.45) is 5.92 Å². The molecule has 0 aliphatic carbocycles. The van der Waals surface area contributed by atoms with Gasteiger partial charge in [0.05, 0.1) is 19.3 Å². The van der Waals surface area contributed by atoms with Crippen LogP contribution in [0.1, 0.15) is 169 Å². The predicted molar refractivity (Wildman–Crippen MR) is 168 cm³/mol. The van der Waals surface area contributed by atoms with Crippen molar-refractivity contribution >= 4 is 6.09 Å². The lowest BCUT2D eigenvalue weighted by Gasteiger charge is -2.19. The number of hydrogen-bond donors (Lipinski definition) is 1. The Kier molecular flexibility index (Phi) is 31.1. The van der Waals surface area contributed by atoms with Gasteiger partial charge in [0, 0.05) is 19.8 Å². The van der Waals surface area contributed by atoms with Gasteiger partial charge in [0.15, 0.2) is 0 Å². The smallest absolute Gasteiger partial charge is 0.407 e. The second-order valence-electron chi connectivity index (χ2n) is 12.0. The zero-order chi connectivity index (χ0) is 28.7. The van der Waals surface area contributed by atoms with Crippen LogP contribution in [0.5, 0.6) is 0 Å². The van der Waals surface area contributed by atoms with E-state index >= 15 is 0 Å².